The minimum absolute atomic E-state index is 0.165. The molecule has 4 aromatic rings. The van der Waals surface area contributed by atoms with Crippen molar-refractivity contribution >= 4 is 11.0 Å². The number of likely N-dealkylation sites (tertiary alicyclic amines) is 1. The fourth-order valence-electron chi connectivity index (χ4n) is 4.49. The molecule has 0 saturated carbocycles. The number of aliphatic hydroxyl groups is 1. The standard InChI is InChI=1S/C25H26FN5O2/c1-18-6-5-7-19(22(18)26)15-29-12-10-25(33,11-13-29)16-30-17-27-23-21(24(30)32)14-28-31(23)20-8-3-2-4-9-20/h2-9,14,17,33H,10-13,15-16H2,1H3. The quantitative estimate of drug-likeness (QED) is 0.509. The normalized spacial score (nSPS) is 16.3. The first-order chi connectivity index (χ1) is 15.9. The van der Waals surface area contributed by atoms with Crippen molar-refractivity contribution in [2.45, 2.75) is 38.5 Å². The predicted octanol–water partition coefficient (Wildman–Crippen LogP) is 3.06. The average Bonchev–Trinajstić information content (AvgIpc) is 3.26. The number of nitrogens with zero attached hydrogens (tertiary/aromatic N) is 5. The summed E-state index contributed by atoms with van der Waals surface area (Å²) >= 11 is 0. The highest BCUT2D eigenvalue weighted by Crippen LogP contribution is 2.26. The molecule has 0 atom stereocenters. The van der Waals surface area contributed by atoms with E-state index >= 15 is 0 Å². The molecular formula is C25H26FN5O2. The van der Waals surface area contributed by atoms with Gasteiger partial charge in [0.05, 0.1) is 24.0 Å². The van der Waals surface area contributed by atoms with Crippen LogP contribution >= 0.6 is 0 Å². The second-order valence-corrected chi connectivity index (χ2v) is 8.86. The Morgan fingerprint density at radius 1 is 1.09 bits per heavy atom. The molecule has 1 aliphatic heterocycles. The zero-order chi connectivity index (χ0) is 23.0. The second-order valence-electron chi connectivity index (χ2n) is 8.86. The van der Waals surface area contributed by atoms with E-state index in [0.717, 1.165) is 5.69 Å². The zero-order valence-electron chi connectivity index (χ0n) is 18.5. The molecule has 1 fully saturated rings. The van der Waals surface area contributed by atoms with Gasteiger partial charge in [-0.3, -0.25) is 14.3 Å². The van der Waals surface area contributed by atoms with E-state index in [9.17, 15) is 14.3 Å². The summed E-state index contributed by atoms with van der Waals surface area (Å²) in [6.07, 6.45) is 4.00. The largest absolute Gasteiger partial charge is 0.388 e. The molecule has 0 spiro atoms. The number of hydrogen-bond acceptors (Lipinski definition) is 5. The van der Waals surface area contributed by atoms with E-state index in [4.69, 9.17) is 0 Å². The first-order valence-corrected chi connectivity index (χ1v) is 11.1. The van der Waals surface area contributed by atoms with Gasteiger partial charge in [0.25, 0.3) is 5.56 Å². The topological polar surface area (TPSA) is 76.2 Å². The number of piperidine rings is 1. The van der Waals surface area contributed by atoms with Gasteiger partial charge in [-0.25, -0.2) is 14.1 Å². The SMILES string of the molecule is Cc1cccc(CN2CCC(O)(Cn3cnc4c(cnn4-c4ccccc4)c3=O)CC2)c1F. The third-order valence-electron chi connectivity index (χ3n) is 6.47. The molecule has 7 nitrogen and oxygen atoms in total. The van der Waals surface area contributed by atoms with Crippen LogP contribution in [0.15, 0.2) is 65.8 Å². The molecule has 0 amide bonds. The summed E-state index contributed by atoms with van der Waals surface area (Å²) in [5.74, 6) is -0.166. The van der Waals surface area contributed by atoms with Gasteiger partial charge in [0.1, 0.15) is 17.5 Å². The molecule has 0 bridgehead atoms. The smallest absolute Gasteiger partial charge is 0.264 e. The fourth-order valence-corrected chi connectivity index (χ4v) is 4.49. The number of fused-ring (bicyclic) bond motifs is 1. The summed E-state index contributed by atoms with van der Waals surface area (Å²) in [7, 11) is 0. The molecule has 5 rings (SSSR count). The number of benzene rings is 2. The Hall–Kier alpha value is -3.36. The molecule has 0 radical (unpaired) electrons. The van der Waals surface area contributed by atoms with Gasteiger partial charge in [-0.1, -0.05) is 36.4 Å². The van der Waals surface area contributed by atoms with Crippen molar-refractivity contribution in [1.82, 2.24) is 24.2 Å². The van der Waals surface area contributed by atoms with Gasteiger partial charge < -0.3 is 5.11 Å². The second kappa shape index (κ2) is 8.53. The molecule has 1 saturated heterocycles. The summed E-state index contributed by atoms with van der Waals surface area (Å²) in [4.78, 5) is 19.7. The number of aromatic nitrogens is 4. The van der Waals surface area contributed by atoms with Crippen molar-refractivity contribution < 1.29 is 9.50 Å². The van der Waals surface area contributed by atoms with Crippen molar-refractivity contribution in [3.63, 3.8) is 0 Å². The minimum atomic E-state index is -1.02. The molecular weight excluding hydrogens is 421 g/mol. The van der Waals surface area contributed by atoms with E-state index in [2.05, 4.69) is 15.0 Å². The molecule has 170 valence electrons. The maximum absolute atomic E-state index is 14.4. The van der Waals surface area contributed by atoms with Gasteiger partial charge in [-0.2, -0.15) is 5.10 Å². The summed E-state index contributed by atoms with van der Waals surface area (Å²) in [6.45, 7) is 3.69. The molecule has 2 aromatic carbocycles. The molecule has 3 heterocycles. The van der Waals surface area contributed by atoms with Crippen molar-refractivity contribution in [3.05, 3.63) is 88.4 Å². The minimum Gasteiger partial charge on any atom is -0.388 e. The molecule has 0 aliphatic carbocycles. The van der Waals surface area contributed by atoms with E-state index < -0.39 is 5.60 Å². The van der Waals surface area contributed by atoms with Crippen LogP contribution in [0.1, 0.15) is 24.0 Å². The van der Waals surface area contributed by atoms with Crippen LogP contribution in [-0.2, 0) is 13.1 Å². The number of hydrogen-bond donors (Lipinski definition) is 1. The average molecular weight is 448 g/mol. The molecule has 1 aliphatic rings. The molecule has 0 unspecified atom stereocenters. The van der Waals surface area contributed by atoms with Gasteiger partial charge in [-0.15, -0.1) is 0 Å². The first kappa shape index (κ1) is 21.5. The maximum atomic E-state index is 14.4. The third kappa shape index (κ3) is 4.19. The lowest BCUT2D eigenvalue weighted by Gasteiger charge is -2.38. The van der Waals surface area contributed by atoms with Gasteiger partial charge in [0, 0.05) is 25.2 Å². The summed E-state index contributed by atoms with van der Waals surface area (Å²) < 4.78 is 17.5. The highest BCUT2D eigenvalue weighted by Gasteiger charge is 2.33. The van der Waals surface area contributed by atoms with E-state index in [1.54, 1.807) is 23.7 Å². The zero-order valence-corrected chi connectivity index (χ0v) is 18.5. The maximum Gasteiger partial charge on any atom is 0.264 e. The van der Waals surface area contributed by atoms with Crippen LogP contribution in [-0.4, -0.2) is 48.0 Å². The molecule has 2 aromatic heterocycles. The number of rotatable bonds is 5. The summed E-state index contributed by atoms with van der Waals surface area (Å²) in [6, 6.07) is 15.0. The highest BCUT2D eigenvalue weighted by atomic mass is 19.1. The Morgan fingerprint density at radius 3 is 2.61 bits per heavy atom. The van der Waals surface area contributed by atoms with Crippen LogP contribution in [0.5, 0.6) is 0 Å². The fraction of sp³-hybridized carbons (Fsp3) is 0.320. The Balaban J connectivity index is 1.30. The van der Waals surface area contributed by atoms with Crippen molar-refractivity contribution in [3.8, 4) is 5.69 Å². The predicted molar refractivity (Wildman–Crippen MR) is 124 cm³/mol. The van der Waals surface area contributed by atoms with Crippen LogP contribution in [0.4, 0.5) is 4.39 Å². The Labute approximate surface area is 190 Å². The lowest BCUT2D eigenvalue weighted by molar-refractivity contribution is -0.0366. The van der Waals surface area contributed by atoms with Crippen molar-refractivity contribution in [1.29, 1.82) is 0 Å². The summed E-state index contributed by atoms with van der Waals surface area (Å²) in [5, 5.41) is 15.9. The van der Waals surface area contributed by atoms with Gasteiger partial charge in [0.2, 0.25) is 0 Å². The van der Waals surface area contributed by atoms with Gasteiger partial charge >= 0.3 is 0 Å². The van der Waals surface area contributed by atoms with Crippen molar-refractivity contribution in [2.24, 2.45) is 0 Å². The lowest BCUT2D eigenvalue weighted by Crippen LogP contribution is -2.47. The van der Waals surface area contributed by atoms with Gasteiger partial charge in [-0.05, 0) is 37.5 Å². The van der Waals surface area contributed by atoms with Crippen LogP contribution in [0, 0.1) is 12.7 Å². The molecule has 33 heavy (non-hydrogen) atoms. The summed E-state index contributed by atoms with van der Waals surface area (Å²) in [5.41, 5.74) is 1.38. The third-order valence-corrected chi connectivity index (χ3v) is 6.47. The van der Waals surface area contributed by atoms with Crippen LogP contribution in [0.3, 0.4) is 0 Å². The Kier molecular flexibility index (Phi) is 5.55. The van der Waals surface area contributed by atoms with E-state index in [1.807, 2.05) is 36.4 Å². The number of aryl methyl sites for hydroxylation is 1. The molecule has 1 N–H and O–H groups in total. The first-order valence-electron chi connectivity index (χ1n) is 11.1. The van der Waals surface area contributed by atoms with Gasteiger partial charge in [0.15, 0.2) is 5.65 Å². The van der Waals surface area contributed by atoms with Crippen LogP contribution in [0.25, 0.3) is 16.7 Å². The van der Waals surface area contributed by atoms with E-state index in [0.29, 0.717) is 54.6 Å². The highest BCUT2D eigenvalue weighted by molar-refractivity contribution is 5.74. The number of para-hydroxylation sites is 1. The lowest BCUT2D eigenvalue weighted by atomic mass is 9.91. The Bertz CT molecular complexity index is 1340. The van der Waals surface area contributed by atoms with E-state index in [-0.39, 0.29) is 17.9 Å². The van der Waals surface area contributed by atoms with E-state index in [1.165, 1.54) is 17.1 Å². The van der Waals surface area contributed by atoms with Crippen LogP contribution < -0.4 is 5.56 Å². The van der Waals surface area contributed by atoms with Crippen LogP contribution in [0.2, 0.25) is 0 Å². The molecule has 8 heteroatoms. The Morgan fingerprint density at radius 2 is 1.85 bits per heavy atom. The monoisotopic (exact) mass is 447 g/mol. The number of halogens is 1. The van der Waals surface area contributed by atoms with Crippen molar-refractivity contribution in [2.75, 3.05) is 13.1 Å².